The fraction of sp³-hybridized carbons (Fsp3) is 0.902. The summed E-state index contributed by atoms with van der Waals surface area (Å²) >= 11 is 0. The Morgan fingerprint density at radius 3 is 0.961 bits per heavy atom. The predicted molar refractivity (Wildman–Crippen MR) is 521 cm³/mol. The van der Waals surface area contributed by atoms with Crippen molar-refractivity contribution in [2.45, 2.75) is 496 Å². The number of carbonyl (C=O) groups is 1. The van der Waals surface area contributed by atoms with Crippen LogP contribution in [0.2, 0.25) is 54.4 Å². The molecular weight excluding hydrogens is 1650 g/mol. The number of aliphatic hydroxyl groups excluding tert-OH is 1. The number of rotatable bonds is 6. The summed E-state index contributed by atoms with van der Waals surface area (Å²) in [6.07, 6.45) is 52.4. The lowest BCUT2D eigenvalue weighted by Crippen LogP contribution is -2.64. The smallest absolute Gasteiger partial charge is 0.192 e. The van der Waals surface area contributed by atoms with Gasteiger partial charge in [-0.2, -0.15) is 0 Å². The molecule has 14 nitrogen and oxygen atoms in total. The molecular formula is C112H180O14Si3. The maximum atomic E-state index is 13.0. The summed E-state index contributed by atoms with van der Waals surface area (Å²) in [5.41, 5.74) is 2.28. The second-order valence-corrected chi connectivity index (χ2v) is 69.7. The molecule has 14 saturated carbocycles. The van der Waals surface area contributed by atoms with Gasteiger partial charge in [0.15, 0.2) is 48.1 Å². The molecule has 0 bridgehead atoms. The highest BCUT2D eigenvalue weighted by Crippen LogP contribution is 2.76. The molecule has 0 aromatic carbocycles. The molecule has 0 aromatic rings. The van der Waals surface area contributed by atoms with Crippen molar-refractivity contribution in [3.05, 3.63) is 23.3 Å². The second kappa shape index (κ2) is 32.2. The summed E-state index contributed by atoms with van der Waals surface area (Å²) in [5.74, 6) is 15.3. The van der Waals surface area contributed by atoms with Crippen LogP contribution < -0.4 is 0 Å². The Balaban J connectivity index is 0.000000121. The van der Waals surface area contributed by atoms with Crippen molar-refractivity contribution < 1.29 is 66.2 Å². The molecule has 724 valence electrons. The largest absolute Gasteiger partial charge is 0.414 e. The highest BCUT2D eigenvalue weighted by atomic mass is 28.4. The molecule has 20 rings (SSSR count). The third kappa shape index (κ3) is 15.7. The van der Waals surface area contributed by atoms with Gasteiger partial charge in [0.25, 0.3) is 0 Å². The minimum atomic E-state index is -1.84. The van der Waals surface area contributed by atoms with E-state index in [4.69, 9.17) is 70.4 Å². The van der Waals surface area contributed by atoms with E-state index in [2.05, 4.69) is 242 Å². The fourth-order valence-electron chi connectivity index (χ4n) is 34.3. The fourth-order valence-corrected chi connectivity index (χ4v) is 38.5. The molecule has 4 saturated heterocycles. The molecule has 20 aliphatic rings. The molecule has 0 radical (unpaired) electrons. The molecule has 18 fully saturated rings. The van der Waals surface area contributed by atoms with Crippen molar-refractivity contribution in [1.82, 2.24) is 0 Å². The van der Waals surface area contributed by atoms with Crippen molar-refractivity contribution in [1.29, 1.82) is 0 Å². The number of terminal acetylenes is 3. The topological polar surface area (TPSA) is 159 Å². The van der Waals surface area contributed by atoms with Crippen LogP contribution >= 0.6 is 0 Å². The van der Waals surface area contributed by atoms with Crippen LogP contribution in [0.15, 0.2) is 23.3 Å². The first-order chi connectivity index (χ1) is 59.4. The SMILES string of the molecule is C#CC1=CCC2C3C(CC[C@]12C)[C@@]1(C)CC[C@@H](O)CC1[C@H]1OC(C)(C)O[C@H]31.C#CC1=CCC2C3C(CC[C@]12C)[C@@]1(C)CC[C@@H](O[Si](C)(C)C(C)(C)C)CC1[C@H]1OC(C)(C)O[C@H]31.C#C[C@]1(O)CCC2C3C(CC[C@@]21C)[C@@]1(C)CC[C@@H](O[Si](C)(C)C(C)(C)C)CC1[C@H]1OC(C)(C)O[C@H]31.CC1(C)O[C@@H]2C3C(CC[C@]4(C)C(=O)CCC34)[C@@]3(C)CC[C@@H](O[Si](C)(C)C(C)(C)C)CC3[C@H]2O1. The van der Waals surface area contributed by atoms with Crippen LogP contribution in [0.25, 0.3) is 0 Å². The van der Waals surface area contributed by atoms with Gasteiger partial charge in [-0.05, 0) is 387 Å². The Labute approximate surface area is 786 Å². The summed E-state index contributed by atoms with van der Waals surface area (Å²) in [6.45, 7) is 71.6. The third-order valence-corrected chi connectivity index (χ3v) is 58.0. The van der Waals surface area contributed by atoms with E-state index in [1.54, 1.807) is 0 Å². The number of ketones is 1. The Morgan fingerprint density at radius 2 is 0.636 bits per heavy atom. The standard InChI is InChI=1S/C30H50O4Si.C30H48O3Si.C28H48O4Si.C24H34O3/c1-11-30(31)17-14-21-23-20(13-16-29(21,30)8)28(7)15-12-19(34-35(9,10)26(2,3)4)18-22(28)24-25(23)33-27(5,6)32-24;1-11-19-12-13-21-24-22(15-17-29(19,21)7)30(8)16-14-20(33-34(9,10)27(2,3)4)18-23(30)25-26(24)32-28(5,6)31-25;1-25(2,3)33(8,9)32-17-12-14-27(6)19-13-15-28(7)18(10-11-21(28)29)22(19)24-23(20(27)16-17)30-26(4,5)31-24;1-6-14-7-8-16-19-17(10-12-23(14,16)4)24(5)11-9-15(25)13-18(24)20-21(19)27-22(2,3)26-20/h1,19-25,31H,12-18H2,2-10H3;1,12,20-26H,13-18H2,2-10H3;17-20,22-24H,10-16H2,1-9H3;1,7,15-21,25H,8-13H2,2-5H3/t19-,20?,21?,22?,23?,24-,25-,28-,29+,30+;20-,21?,22?,23?,24?,25-,26-,29-,30-;17-,18?,19?,20?,22?,23-,24-,27-,28+;15-,16?,17?,18?,19?,20-,21-,23-,24-/m1111/s1. The molecule has 0 spiro atoms. The van der Waals surface area contributed by atoms with Gasteiger partial charge in [-0.1, -0.05) is 148 Å². The van der Waals surface area contributed by atoms with Crippen LogP contribution in [0.3, 0.4) is 0 Å². The third-order valence-electron chi connectivity index (χ3n) is 44.3. The molecule has 37 atom stereocenters. The lowest BCUT2D eigenvalue weighted by molar-refractivity contribution is -0.197. The zero-order valence-corrected chi connectivity index (χ0v) is 89.7. The first-order valence-electron chi connectivity index (χ1n) is 52.6. The van der Waals surface area contributed by atoms with Gasteiger partial charge in [0.2, 0.25) is 0 Å². The van der Waals surface area contributed by atoms with E-state index in [1.807, 2.05) is 0 Å². The Morgan fingerprint density at radius 1 is 0.349 bits per heavy atom. The lowest BCUT2D eigenvalue weighted by atomic mass is 9.43. The van der Waals surface area contributed by atoms with Gasteiger partial charge in [-0.3, -0.25) is 4.79 Å². The number of Topliss-reactive ketones (excluding diaryl/α,β-unsaturated/α-hetero) is 1. The average Bonchev–Trinajstić information content (AvgIpc) is 1.59. The van der Waals surface area contributed by atoms with E-state index in [1.165, 1.54) is 62.5 Å². The first-order valence-corrected chi connectivity index (χ1v) is 61.3. The normalized spacial score (nSPS) is 50.6. The maximum Gasteiger partial charge on any atom is 0.192 e. The van der Waals surface area contributed by atoms with Gasteiger partial charge in [0.05, 0.1) is 54.9 Å². The van der Waals surface area contributed by atoms with Crippen molar-refractivity contribution in [3.8, 4) is 37.0 Å². The van der Waals surface area contributed by atoms with E-state index < -0.39 is 53.7 Å². The lowest BCUT2D eigenvalue weighted by Gasteiger charge is -2.64. The van der Waals surface area contributed by atoms with Gasteiger partial charge in [-0.15, -0.1) is 19.3 Å². The molecule has 0 amide bonds. The quantitative estimate of drug-likeness (QED) is 0.191. The number of aliphatic hydroxyl groups is 2. The molecule has 4 aliphatic heterocycles. The van der Waals surface area contributed by atoms with E-state index in [9.17, 15) is 15.0 Å². The number of hydrogen-bond donors (Lipinski definition) is 2. The van der Waals surface area contributed by atoms with Crippen LogP contribution in [0.5, 0.6) is 0 Å². The first kappa shape index (κ1) is 98.6. The highest BCUT2D eigenvalue weighted by Gasteiger charge is 2.76. The van der Waals surface area contributed by atoms with Gasteiger partial charge in [-0.25, -0.2) is 0 Å². The highest BCUT2D eigenvalue weighted by molar-refractivity contribution is 6.75. The van der Waals surface area contributed by atoms with E-state index in [0.717, 1.165) is 109 Å². The van der Waals surface area contributed by atoms with Crippen molar-refractivity contribution in [2.24, 2.45) is 138 Å². The van der Waals surface area contributed by atoms with Crippen LogP contribution in [0, 0.1) is 175 Å². The molecule has 129 heavy (non-hydrogen) atoms. The predicted octanol–water partition coefficient (Wildman–Crippen LogP) is 24.9. The molecule has 17 heteroatoms. The van der Waals surface area contributed by atoms with Crippen molar-refractivity contribution in [3.63, 3.8) is 0 Å². The van der Waals surface area contributed by atoms with Gasteiger partial charge >= 0.3 is 0 Å². The minimum absolute atomic E-state index is 0.0736. The van der Waals surface area contributed by atoms with Gasteiger partial charge in [0, 0.05) is 57.5 Å². The Bertz CT molecular complexity index is 4440. The van der Waals surface area contributed by atoms with Gasteiger partial charge < -0.3 is 61.4 Å². The van der Waals surface area contributed by atoms with Crippen LogP contribution in [-0.4, -0.2) is 143 Å². The molecule has 4 heterocycles. The number of carbonyl (C=O) groups excluding carboxylic acids is 1. The molecule has 16 unspecified atom stereocenters. The summed E-state index contributed by atoms with van der Waals surface area (Å²) in [4.78, 5) is 13.0. The Kier molecular flexibility index (Phi) is 24.6. The van der Waals surface area contributed by atoms with Crippen LogP contribution in [0.1, 0.15) is 340 Å². The number of fused-ring (bicyclic) bond motifs is 32. The molecule has 2 N–H and O–H groups in total. The number of allylic oxidation sites excluding steroid dienone is 4. The second-order valence-electron chi connectivity index (χ2n) is 55.4. The average molecular weight is 1830 g/mol. The van der Waals surface area contributed by atoms with Crippen molar-refractivity contribution >= 4 is 30.7 Å². The van der Waals surface area contributed by atoms with E-state index in [0.29, 0.717) is 125 Å². The summed E-state index contributed by atoms with van der Waals surface area (Å²) in [5, 5.41) is 22.6. The van der Waals surface area contributed by atoms with E-state index >= 15 is 0 Å². The Hall–Kier alpha value is -2.04. The molecule has 16 aliphatic carbocycles. The van der Waals surface area contributed by atoms with Crippen LogP contribution in [0.4, 0.5) is 0 Å². The monoisotopic (exact) mass is 1830 g/mol. The summed E-state index contributed by atoms with van der Waals surface area (Å²) < 4.78 is 74.7. The maximum absolute atomic E-state index is 13.0. The minimum Gasteiger partial charge on any atom is -0.414 e. The summed E-state index contributed by atoms with van der Waals surface area (Å²) in [6, 6.07) is 0. The van der Waals surface area contributed by atoms with Crippen LogP contribution in [-0.2, 0) is 56.0 Å². The van der Waals surface area contributed by atoms with Gasteiger partial charge in [0.1, 0.15) is 11.4 Å². The summed E-state index contributed by atoms with van der Waals surface area (Å²) in [7, 11) is -5.46. The number of hydrogen-bond acceptors (Lipinski definition) is 14. The zero-order chi connectivity index (χ0) is 94.1. The molecule has 0 aromatic heterocycles. The van der Waals surface area contributed by atoms with E-state index in [-0.39, 0.29) is 113 Å². The zero-order valence-electron chi connectivity index (χ0n) is 86.7. The van der Waals surface area contributed by atoms with Crippen molar-refractivity contribution in [2.75, 3.05) is 0 Å². The number of ether oxygens (including phenoxy) is 8.